The van der Waals surface area contributed by atoms with E-state index in [1.165, 1.54) is 4.90 Å². The van der Waals surface area contributed by atoms with E-state index < -0.39 is 22.7 Å². The van der Waals surface area contributed by atoms with Crippen LogP contribution in [0.25, 0.3) is 0 Å². The maximum atomic E-state index is 10.0. The third kappa shape index (κ3) is 2.20. The van der Waals surface area contributed by atoms with Gasteiger partial charge in [-0.2, -0.15) is 15.8 Å². The largest absolute Gasteiger partial charge is 0.331 e. The summed E-state index contributed by atoms with van der Waals surface area (Å²) in [6, 6.07) is 16.2. The topological polar surface area (TPSA) is 99.7 Å². The molecule has 0 aromatic heterocycles. The van der Waals surface area contributed by atoms with Gasteiger partial charge in [-0.05, 0) is 31.1 Å². The Balaban J connectivity index is 2.37. The monoisotopic (exact) mass is 344 g/mol. The van der Waals surface area contributed by atoms with Crippen molar-refractivity contribution in [2.24, 2.45) is 16.7 Å². The van der Waals surface area contributed by atoms with Gasteiger partial charge in [0.05, 0.1) is 37.5 Å². The maximum Gasteiger partial charge on any atom is 0.190 e. The SMILES string of the molecule is C[C@H]1C=C2[C@H](C#N)C(=N)C(C#N)(C#N)[C@H](c3ccccc3)[C@]2(C)C[NH+]1C. The highest BCUT2D eigenvalue weighted by atomic mass is 15.1. The molecule has 1 aliphatic carbocycles. The predicted octanol–water partition coefficient (Wildman–Crippen LogP) is 1.83. The van der Waals surface area contributed by atoms with Crippen LogP contribution in [0.5, 0.6) is 0 Å². The number of likely N-dealkylation sites (N-methyl/N-ethyl adjacent to an activating group) is 1. The summed E-state index contributed by atoms with van der Waals surface area (Å²) in [5.74, 6) is -1.31. The zero-order valence-corrected chi connectivity index (χ0v) is 15.2. The van der Waals surface area contributed by atoms with Gasteiger partial charge in [0.2, 0.25) is 0 Å². The molecule has 5 heteroatoms. The highest BCUT2D eigenvalue weighted by molar-refractivity contribution is 6.01. The second kappa shape index (κ2) is 6.10. The van der Waals surface area contributed by atoms with Crippen LogP contribution >= 0.6 is 0 Å². The van der Waals surface area contributed by atoms with Gasteiger partial charge < -0.3 is 10.3 Å². The first-order chi connectivity index (χ1) is 12.4. The molecule has 2 aliphatic rings. The van der Waals surface area contributed by atoms with Crippen molar-refractivity contribution in [1.82, 2.24) is 0 Å². The average Bonchev–Trinajstić information content (AvgIpc) is 2.64. The Bertz CT molecular complexity index is 881. The van der Waals surface area contributed by atoms with Gasteiger partial charge in [-0.3, -0.25) is 0 Å². The Kier molecular flexibility index (Phi) is 4.19. The van der Waals surface area contributed by atoms with Gasteiger partial charge in [0.25, 0.3) is 0 Å². The van der Waals surface area contributed by atoms with Gasteiger partial charge in [0, 0.05) is 11.3 Å². The molecular weight excluding hydrogens is 322 g/mol. The van der Waals surface area contributed by atoms with Crippen molar-refractivity contribution < 1.29 is 4.90 Å². The van der Waals surface area contributed by atoms with Gasteiger partial charge in [-0.25, -0.2) is 0 Å². The van der Waals surface area contributed by atoms with E-state index in [0.717, 1.165) is 11.1 Å². The van der Waals surface area contributed by atoms with Gasteiger partial charge >= 0.3 is 0 Å². The highest BCUT2D eigenvalue weighted by Gasteiger charge is 2.64. The molecule has 0 saturated heterocycles. The zero-order chi connectivity index (χ0) is 19.1. The summed E-state index contributed by atoms with van der Waals surface area (Å²) in [6.45, 7) is 4.84. The van der Waals surface area contributed by atoms with E-state index in [2.05, 4.69) is 38.3 Å². The molecule has 26 heavy (non-hydrogen) atoms. The van der Waals surface area contributed by atoms with Crippen LogP contribution < -0.4 is 4.90 Å². The van der Waals surface area contributed by atoms with E-state index in [-0.39, 0.29) is 11.8 Å². The fourth-order valence-electron chi connectivity index (χ4n) is 4.83. The van der Waals surface area contributed by atoms with E-state index in [1.807, 2.05) is 37.3 Å². The minimum Gasteiger partial charge on any atom is -0.331 e. The van der Waals surface area contributed by atoms with Gasteiger partial charge in [0.1, 0.15) is 12.0 Å². The molecule has 1 fully saturated rings. The van der Waals surface area contributed by atoms with E-state index in [9.17, 15) is 15.8 Å². The fraction of sp³-hybridized carbons (Fsp3) is 0.429. The summed E-state index contributed by atoms with van der Waals surface area (Å²) in [5, 5.41) is 38.5. The number of benzene rings is 1. The first-order valence-corrected chi connectivity index (χ1v) is 8.76. The van der Waals surface area contributed by atoms with Crippen molar-refractivity contribution in [3.63, 3.8) is 0 Å². The highest BCUT2D eigenvalue weighted by Crippen LogP contribution is 2.59. The van der Waals surface area contributed by atoms with Crippen LogP contribution in [-0.2, 0) is 0 Å². The minimum atomic E-state index is -1.64. The van der Waals surface area contributed by atoms with Crippen molar-refractivity contribution in [3.8, 4) is 18.2 Å². The molecule has 0 spiro atoms. The molecule has 1 aromatic rings. The molecule has 0 radical (unpaired) electrons. The Hall–Kier alpha value is -2.94. The molecule has 1 saturated carbocycles. The lowest BCUT2D eigenvalue weighted by molar-refractivity contribution is -0.905. The molecule has 1 aromatic carbocycles. The second-order valence-corrected chi connectivity index (χ2v) is 7.70. The Morgan fingerprint density at radius 2 is 1.77 bits per heavy atom. The lowest BCUT2D eigenvalue weighted by Crippen LogP contribution is -3.14. The van der Waals surface area contributed by atoms with Crippen LogP contribution in [0.2, 0.25) is 0 Å². The second-order valence-electron chi connectivity index (χ2n) is 7.70. The normalized spacial score (nSPS) is 35.2. The van der Waals surface area contributed by atoms with E-state index >= 15 is 0 Å². The van der Waals surface area contributed by atoms with Gasteiger partial charge in [-0.1, -0.05) is 30.3 Å². The number of quaternary nitrogens is 1. The van der Waals surface area contributed by atoms with Crippen LogP contribution in [0, 0.1) is 56.2 Å². The first-order valence-electron chi connectivity index (χ1n) is 8.76. The molecule has 130 valence electrons. The fourth-order valence-corrected chi connectivity index (χ4v) is 4.83. The molecule has 2 N–H and O–H groups in total. The Morgan fingerprint density at radius 3 is 2.31 bits per heavy atom. The molecule has 3 rings (SSSR count). The third-order valence-electron chi connectivity index (χ3n) is 6.22. The van der Waals surface area contributed by atoms with E-state index in [1.54, 1.807) is 0 Å². The molecule has 1 heterocycles. The maximum absolute atomic E-state index is 10.0. The summed E-state index contributed by atoms with van der Waals surface area (Å²) in [7, 11) is 2.09. The van der Waals surface area contributed by atoms with Crippen molar-refractivity contribution in [2.45, 2.75) is 25.8 Å². The molecular formula is C21H22N5+. The van der Waals surface area contributed by atoms with Crippen LogP contribution in [0.4, 0.5) is 0 Å². The quantitative estimate of drug-likeness (QED) is 0.760. The van der Waals surface area contributed by atoms with Crippen LogP contribution in [0.15, 0.2) is 42.0 Å². The van der Waals surface area contributed by atoms with Crippen LogP contribution in [0.1, 0.15) is 25.3 Å². The lowest BCUT2D eigenvalue weighted by Gasteiger charge is -2.53. The van der Waals surface area contributed by atoms with Crippen LogP contribution in [0.3, 0.4) is 0 Å². The molecule has 5 nitrogen and oxygen atoms in total. The molecule has 1 unspecified atom stereocenters. The van der Waals surface area contributed by atoms with Crippen LogP contribution in [-0.4, -0.2) is 25.3 Å². The standard InChI is InChI=1S/C21H21N5/c1-14-9-17-16(10-22)19(25)21(11-23,12-24)18(15-7-5-4-6-8-15)20(17,2)13-26(14)3/h4-9,14,16,18,25H,13H2,1-3H3/p+1/t14-,16-,18+,20+/m0/s1. The van der Waals surface area contributed by atoms with Gasteiger partial charge in [-0.15, -0.1) is 0 Å². The van der Waals surface area contributed by atoms with E-state index in [4.69, 9.17) is 5.41 Å². The number of hydrogen-bond donors (Lipinski definition) is 2. The number of nitrogens with zero attached hydrogens (tertiary/aromatic N) is 3. The average molecular weight is 344 g/mol. The minimum absolute atomic E-state index is 0.0886. The Morgan fingerprint density at radius 1 is 1.15 bits per heavy atom. The molecule has 0 bridgehead atoms. The van der Waals surface area contributed by atoms with Crippen molar-refractivity contribution in [3.05, 3.63) is 47.5 Å². The zero-order valence-electron chi connectivity index (χ0n) is 15.2. The van der Waals surface area contributed by atoms with Crippen molar-refractivity contribution in [1.29, 1.82) is 21.2 Å². The number of hydrogen-bond acceptors (Lipinski definition) is 4. The number of rotatable bonds is 1. The summed E-state index contributed by atoms with van der Waals surface area (Å²) < 4.78 is 0. The number of fused-ring (bicyclic) bond motifs is 1. The lowest BCUT2D eigenvalue weighted by atomic mass is 9.48. The number of nitriles is 3. The molecule has 5 atom stereocenters. The third-order valence-corrected chi connectivity index (χ3v) is 6.22. The summed E-state index contributed by atoms with van der Waals surface area (Å²) in [5.41, 5.74) is -0.525. The van der Waals surface area contributed by atoms with Crippen molar-refractivity contribution in [2.75, 3.05) is 13.6 Å². The number of nitrogens with one attached hydrogen (secondary N) is 2. The smallest absolute Gasteiger partial charge is 0.190 e. The van der Waals surface area contributed by atoms with Crippen molar-refractivity contribution >= 4 is 5.71 Å². The predicted molar refractivity (Wildman–Crippen MR) is 97.1 cm³/mol. The molecule has 1 aliphatic heterocycles. The molecule has 0 amide bonds. The summed E-state index contributed by atoms with van der Waals surface area (Å²) in [4.78, 5) is 1.27. The first kappa shape index (κ1) is 17.9. The summed E-state index contributed by atoms with van der Waals surface area (Å²) in [6.07, 6.45) is 2.08. The Labute approximate surface area is 154 Å². The van der Waals surface area contributed by atoms with Gasteiger partial charge in [0.15, 0.2) is 5.41 Å². The summed E-state index contributed by atoms with van der Waals surface area (Å²) >= 11 is 0. The van der Waals surface area contributed by atoms with E-state index in [0.29, 0.717) is 6.54 Å².